The van der Waals surface area contributed by atoms with Crippen LogP contribution in [0.2, 0.25) is 0 Å². The average molecular weight is 461 g/mol. The zero-order valence-electron chi connectivity index (χ0n) is 19.0. The first-order chi connectivity index (χ1) is 16.5. The van der Waals surface area contributed by atoms with Gasteiger partial charge in [-0.15, -0.1) is 0 Å². The monoisotopic (exact) mass is 460 g/mol. The summed E-state index contributed by atoms with van der Waals surface area (Å²) in [5, 5.41) is 2.91. The van der Waals surface area contributed by atoms with Gasteiger partial charge in [-0.1, -0.05) is 12.1 Å². The molecule has 1 amide bonds. The van der Waals surface area contributed by atoms with Crippen molar-refractivity contribution < 1.29 is 23.1 Å². The fourth-order valence-electron chi connectivity index (χ4n) is 3.41. The van der Waals surface area contributed by atoms with Gasteiger partial charge in [0, 0.05) is 24.1 Å². The molecule has 1 N–H and O–H groups in total. The molecule has 0 aliphatic heterocycles. The minimum Gasteiger partial charge on any atom is -0.497 e. The van der Waals surface area contributed by atoms with E-state index in [9.17, 15) is 9.18 Å². The lowest BCUT2D eigenvalue weighted by atomic mass is 10.1. The van der Waals surface area contributed by atoms with E-state index in [1.54, 1.807) is 37.6 Å². The molecule has 6 nitrogen and oxygen atoms in total. The molecule has 34 heavy (non-hydrogen) atoms. The van der Waals surface area contributed by atoms with Crippen molar-refractivity contribution in [2.24, 2.45) is 0 Å². The Hall–Kier alpha value is -4.13. The Labute approximate surface area is 197 Å². The summed E-state index contributed by atoms with van der Waals surface area (Å²) in [4.78, 5) is 16.7. The van der Waals surface area contributed by atoms with Crippen LogP contribution in [0.25, 0.3) is 11.3 Å². The van der Waals surface area contributed by atoms with Crippen molar-refractivity contribution in [3.8, 4) is 22.8 Å². The topological polar surface area (TPSA) is 73.6 Å². The molecule has 7 heteroatoms. The molecule has 0 radical (unpaired) electrons. The van der Waals surface area contributed by atoms with Crippen LogP contribution in [0.1, 0.15) is 23.4 Å². The van der Waals surface area contributed by atoms with Gasteiger partial charge in [0.2, 0.25) is 5.91 Å². The van der Waals surface area contributed by atoms with E-state index in [0.29, 0.717) is 29.5 Å². The predicted molar refractivity (Wildman–Crippen MR) is 127 cm³/mol. The zero-order chi connectivity index (χ0) is 23.9. The van der Waals surface area contributed by atoms with Gasteiger partial charge in [0.15, 0.2) is 11.7 Å². The lowest BCUT2D eigenvalue weighted by Crippen LogP contribution is -2.13. The Kier molecular flexibility index (Phi) is 7.22. The van der Waals surface area contributed by atoms with Gasteiger partial charge in [-0.05, 0) is 72.6 Å². The summed E-state index contributed by atoms with van der Waals surface area (Å²) < 4.78 is 30.0. The molecule has 0 aliphatic rings. The summed E-state index contributed by atoms with van der Waals surface area (Å²) in [6, 6.07) is 19.2. The largest absolute Gasteiger partial charge is 0.497 e. The number of hydrogen-bond donors (Lipinski definition) is 1. The van der Waals surface area contributed by atoms with Crippen LogP contribution in [0.4, 0.5) is 10.1 Å². The quantitative estimate of drug-likeness (QED) is 0.334. The summed E-state index contributed by atoms with van der Waals surface area (Å²) in [5.41, 5.74) is 3.20. The molecule has 3 aromatic carbocycles. The fraction of sp³-hybridized carbons (Fsp3) is 0.185. The predicted octanol–water partition coefficient (Wildman–Crippen LogP) is 5.95. The first-order valence-corrected chi connectivity index (χ1v) is 10.9. The highest BCUT2D eigenvalue weighted by molar-refractivity contribution is 5.91. The van der Waals surface area contributed by atoms with Gasteiger partial charge in [-0.3, -0.25) is 4.79 Å². The van der Waals surface area contributed by atoms with Gasteiger partial charge in [0.1, 0.15) is 23.9 Å². The van der Waals surface area contributed by atoms with Gasteiger partial charge < -0.3 is 19.2 Å². The van der Waals surface area contributed by atoms with Crippen molar-refractivity contribution in [2.75, 3.05) is 12.4 Å². The van der Waals surface area contributed by atoms with Crippen LogP contribution >= 0.6 is 0 Å². The summed E-state index contributed by atoms with van der Waals surface area (Å²) in [6.45, 7) is 2.15. The highest BCUT2D eigenvalue weighted by Gasteiger charge is 2.11. The minimum atomic E-state index is -0.294. The number of rotatable bonds is 9. The molecule has 0 fully saturated rings. The van der Waals surface area contributed by atoms with Crippen LogP contribution < -0.4 is 14.8 Å². The number of amides is 1. The minimum absolute atomic E-state index is 0.138. The highest BCUT2D eigenvalue weighted by atomic mass is 19.1. The Morgan fingerprint density at radius 2 is 1.85 bits per heavy atom. The molecule has 0 saturated carbocycles. The number of aromatic nitrogens is 1. The lowest BCUT2D eigenvalue weighted by molar-refractivity contribution is -0.116. The Morgan fingerprint density at radius 1 is 1.06 bits per heavy atom. The smallest absolute Gasteiger partial charge is 0.224 e. The SMILES string of the molecule is COc1ccc(-c2cnc(CCC(=O)Nc3ccc(OCc4cccc(F)c4)cc3C)o2)cc1. The Morgan fingerprint density at radius 3 is 2.59 bits per heavy atom. The number of carbonyl (C=O) groups excluding carboxylic acids is 1. The number of ether oxygens (including phenoxy) is 2. The van der Waals surface area contributed by atoms with Crippen LogP contribution in [-0.4, -0.2) is 18.0 Å². The van der Waals surface area contributed by atoms with Crippen LogP contribution in [-0.2, 0) is 17.8 Å². The number of methoxy groups -OCH3 is 1. The zero-order valence-corrected chi connectivity index (χ0v) is 19.0. The first kappa shape index (κ1) is 23.0. The molecule has 1 aromatic heterocycles. The number of nitrogens with one attached hydrogen (secondary N) is 1. The molecular formula is C27H25FN2O4. The second-order valence-corrected chi connectivity index (χ2v) is 7.79. The number of oxazole rings is 1. The van der Waals surface area contributed by atoms with Gasteiger partial charge in [0.05, 0.1) is 13.3 Å². The molecule has 0 saturated heterocycles. The molecule has 174 valence electrons. The number of carbonyl (C=O) groups is 1. The van der Waals surface area contributed by atoms with Crippen LogP contribution in [0.3, 0.4) is 0 Å². The van der Waals surface area contributed by atoms with E-state index >= 15 is 0 Å². The van der Waals surface area contributed by atoms with E-state index in [-0.39, 0.29) is 24.8 Å². The average Bonchev–Trinajstić information content (AvgIpc) is 3.32. The summed E-state index contributed by atoms with van der Waals surface area (Å²) in [6.07, 6.45) is 2.28. The number of halogens is 1. The third kappa shape index (κ3) is 6.01. The van der Waals surface area contributed by atoms with Gasteiger partial charge in [-0.25, -0.2) is 9.37 Å². The maximum atomic E-state index is 13.3. The van der Waals surface area contributed by atoms with Crippen molar-refractivity contribution in [1.29, 1.82) is 0 Å². The third-order valence-corrected chi connectivity index (χ3v) is 5.26. The number of nitrogens with zero attached hydrogens (tertiary/aromatic N) is 1. The Bertz CT molecular complexity index is 1270. The summed E-state index contributed by atoms with van der Waals surface area (Å²) in [7, 11) is 1.62. The van der Waals surface area contributed by atoms with Gasteiger partial charge >= 0.3 is 0 Å². The van der Waals surface area contributed by atoms with E-state index in [2.05, 4.69) is 10.3 Å². The molecule has 4 rings (SSSR count). The standard InChI is InChI=1S/C27H25FN2O4/c1-18-14-23(33-17-19-4-3-5-21(28)15-19)10-11-24(18)30-26(31)12-13-27-29-16-25(34-27)20-6-8-22(32-2)9-7-20/h3-11,14-16H,12-13,17H2,1-2H3,(H,30,31). The van der Waals surface area contributed by atoms with Gasteiger partial charge in [0.25, 0.3) is 0 Å². The third-order valence-electron chi connectivity index (χ3n) is 5.26. The lowest BCUT2D eigenvalue weighted by Gasteiger charge is -2.11. The van der Waals surface area contributed by atoms with Crippen molar-refractivity contribution in [2.45, 2.75) is 26.4 Å². The first-order valence-electron chi connectivity index (χ1n) is 10.9. The van der Waals surface area contributed by atoms with Crippen molar-refractivity contribution >= 4 is 11.6 Å². The molecule has 0 unspecified atom stereocenters. The van der Waals surface area contributed by atoms with E-state index in [0.717, 1.165) is 22.4 Å². The van der Waals surface area contributed by atoms with Crippen molar-refractivity contribution in [1.82, 2.24) is 4.98 Å². The molecular weight excluding hydrogens is 435 g/mol. The number of hydrogen-bond acceptors (Lipinski definition) is 5. The van der Waals surface area contributed by atoms with E-state index < -0.39 is 0 Å². The second kappa shape index (κ2) is 10.7. The highest BCUT2D eigenvalue weighted by Crippen LogP contribution is 2.25. The Balaban J connectivity index is 1.28. The normalized spacial score (nSPS) is 10.7. The van der Waals surface area contributed by atoms with Crippen LogP contribution in [0.15, 0.2) is 77.3 Å². The molecule has 0 atom stereocenters. The molecule has 1 heterocycles. The van der Waals surface area contributed by atoms with E-state index in [1.165, 1.54) is 12.1 Å². The van der Waals surface area contributed by atoms with Gasteiger partial charge in [-0.2, -0.15) is 0 Å². The molecule has 0 spiro atoms. The van der Waals surface area contributed by atoms with Crippen LogP contribution in [0, 0.1) is 12.7 Å². The second-order valence-electron chi connectivity index (χ2n) is 7.79. The van der Waals surface area contributed by atoms with Crippen molar-refractivity contribution in [3.63, 3.8) is 0 Å². The van der Waals surface area contributed by atoms with Crippen molar-refractivity contribution in [3.05, 3.63) is 95.8 Å². The number of aryl methyl sites for hydroxylation is 2. The molecule has 0 aliphatic carbocycles. The summed E-state index contributed by atoms with van der Waals surface area (Å²) in [5.74, 6) is 2.12. The van der Waals surface area contributed by atoms with E-state index in [1.807, 2.05) is 37.3 Å². The number of benzene rings is 3. The molecule has 4 aromatic rings. The van der Waals surface area contributed by atoms with E-state index in [4.69, 9.17) is 13.9 Å². The van der Waals surface area contributed by atoms with Crippen LogP contribution in [0.5, 0.6) is 11.5 Å². The summed E-state index contributed by atoms with van der Waals surface area (Å²) >= 11 is 0. The maximum absolute atomic E-state index is 13.3. The fourth-order valence-corrected chi connectivity index (χ4v) is 3.41. The molecule has 0 bridgehead atoms. The number of anilines is 1. The maximum Gasteiger partial charge on any atom is 0.224 e.